The standard InChI is InChI=1S/C28H32N4O4/c1-19-10-13-21(14-11-19)29-25(34)23-15-12-20-8-4-5-9-22(20)32(23)24(33)18-31-26(35)28(30(2)27(31)36)16-6-3-7-17-28/h4-5,8-11,13-14,23H,3,6-7,12,15-18H2,1-2H3,(H,29,34)/t23-/m1/s1. The first kappa shape index (κ1) is 24.0. The van der Waals surface area contributed by atoms with Crippen molar-refractivity contribution in [2.24, 2.45) is 0 Å². The van der Waals surface area contributed by atoms with Crippen LogP contribution >= 0.6 is 0 Å². The Balaban J connectivity index is 1.41. The van der Waals surface area contributed by atoms with Crippen LogP contribution in [0.5, 0.6) is 0 Å². The summed E-state index contributed by atoms with van der Waals surface area (Å²) in [5.41, 5.74) is 2.50. The van der Waals surface area contributed by atoms with Crippen LogP contribution in [0.1, 0.15) is 49.7 Å². The van der Waals surface area contributed by atoms with Crippen molar-refractivity contribution in [1.82, 2.24) is 9.80 Å². The zero-order valence-corrected chi connectivity index (χ0v) is 20.8. The number of carbonyl (C=O) groups excluding carboxylic acids is 4. The monoisotopic (exact) mass is 488 g/mol. The summed E-state index contributed by atoms with van der Waals surface area (Å²) in [6.07, 6.45) is 5.14. The van der Waals surface area contributed by atoms with Gasteiger partial charge in [0.2, 0.25) is 11.8 Å². The Morgan fingerprint density at radius 2 is 1.69 bits per heavy atom. The fourth-order valence-corrected chi connectivity index (χ4v) is 5.85. The van der Waals surface area contributed by atoms with E-state index in [9.17, 15) is 19.2 Å². The van der Waals surface area contributed by atoms with Crippen molar-refractivity contribution < 1.29 is 19.2 Å². The quantitative estimate of drug-likeness (QED) is 0.662. The molecule has 2 aliphatic heterocycles. The van der Waals surface area contributed by atoms with Crippen LogP contribution in [0, 0.1) is 6.92 Å². The van der Waals surface area contributed by atoms with E-state index in [-0.39, 0.29) is 18.4 Å². The molecule has 3 aliphatic rings. The van der Waals surface area contributed by atoms with Gasteiger partial charge in [-0.3, -0.25) is 24.2 Å². The van der Waals surface area contributed by atoms with Gasteiger partial charge in [-0.2, -0.15) is 0 Å². The summed E-state index contributed by atoms with van der Waals surface area (Å²) in [6, 6.07) is 13.8. The summed E-state index contributed by atoms with van der Waals surface area (Å²) in [5, 5.41) is 2.93. The van der Waals surface area contributed by atoms with Crippen LogP contribution in [0.15, 0.2) is 48.5 Å². The number of benzene rings is 2. The van der Waals surface area contributed by atoms with Crippen molar-refractivity contribution in [1.29, 1.82) is 0 Å². The summed E-state index contributed by atoms with van der Waals surface area (Å²) in [5.74, 6) is -1.02. The van der Waals surface area contributed by atoms with E-state index >= 15 is 0 Å². The number of fused-ring (bicyclic) bond motifs is 1. The van der Waals surface area contributed by atoms with E-state index in [1.54, 1.807) is 7.05 Å². The molecule has 2 heterocycles. The van der Waals surface area contributed by atoms with Crippen molar-refractivity contribution in [3.8, 4) is 0 Å². The molecule has 1 saturated heterocycles. The van der Waals surface area contributed by atoms with Gasteiger partial charge >= 0.3 is 6.03 Å². The number of aryl methyl sites for hydroxylation is 2. The summed E-state index contributed by atoms with van der Waals surface area (Å²) in [6.45, 7) is 1.59. The maximum atomic E-state index is 13.8. The second-order valence-electron chi connectivity index (χ2n) is 10.1. The number of likely N-dealkylation sites (N-methyl/N-ethyl adjacent to an activating group) is 1. The molecule has 0 bridgehead atoms. The first-order chi connectivity index (χ1) is 17.3. The van der Waals surface area contributed by atoms with Gasteiger partial charge in [-0.25, -0.2) is 4.79 Å². The molecule has 1 aliphatic carbocycles. The van der Waals surface area contributed by atoms with Crippen molar-refractivity contribution in [3.63, 3.8) is 0 Å². The van der Waals surface area contributed by atoms with Crippen molar-refractivity contribution in [3.05, 3.63) is 59.7 Å². The highest BCUT2D eigenvalue weighted by Gasteiger charge is 2.56. The first-order valence-electron chi connectivity index (χ1n) is 12.7. The molecule has 2 aromatic rings. The lowest BCUT2D eigenvalue weighted by Crippen LogP contribution is -2.54. The molecule has 8 heteroatoms. The zero-order chi connectivity index (χ0) is 25.4. The lowest BCUT2D eigenvalue weighted by atomic mass is 9.81. The highest BCUT2D eigenvalue weighted by atomic mass is 16.2. The van der Waals surface area contributed by atoms with Crippen molar-refractivity contribution >= 4 is 35.1 Å². The number of nitrogens with one attached hydrogen (secondary N) is 1. The lowest BCUT2D eigenvalue weighted by Gasteiger charge is -2.37. The Kier molecular flexibility index (Phi) is 6.28. The minimum Gasteiger partial charge on any atom is -0.324 e. The molecule has 5 rings (SSSR count). The molecule has 8 nitrogen and oxygen atoms in total. The molecule has 1 atom stereocenters. The molecule has 0 radical (unpaired) electrons. The molecular weight excluding hydrogens is 456 g/mol. The Morgan fingerprint density at radius 1 is 1.00 bits per heavy atom. The molecular formula is C28H32N4O4. The smallest absolute Gasteiger partial charge is 0.324 e. The fourth-order valence-electron chi connectivity index (χ4n) is 5.85. The number of imide groups is 1. The van der Waals surface area contributed by atoms with Gasteiger partial charge in [0.05, 0.1) is 0 Å². The highest BCUT2D eigenvalue weighted by Crippen LogP contribution is 2.40. The highest BCUT2D eigenvalue weighted by molar-refractivity contribution is 6.12. The number of anilines is 2. The van der Waals surface area contributed by atoms with Gasteiger partial charge in [-0.05, 0) is 56.4 Å². The number of amides is 5. The first-order valence-corrected chi connectivity index (χ1v) is 12.7. The number of urea groups is 1. The van der Waals surface area contributed by atoms with Crippen LogP contribution in [0.3, 0.4) is 0 Å². The molecule has 36 heavy (non-hydrogen) atoms. The number of hydrogen-bond acceptors (Lipinski definition) is 4. The van der Waals surface area contributed by atoms with E-state index < -0.39 is 23.5 Å². The molecule has 0 aromatic heterocycles. The molecule has 5 amide bonds. The molecule has 1 spiro atoms. The summed E-state index contributed by atoms with van der Waals surface area (Å²) in [7, 11) is 1.66. The van der Waals surface area contributed by atoms with Crippen LogP contribution in [0.4, 0.5) is 16.2 Å². The number of nitrogens with zero attached hydrogens (tertiary/aromatic N) is 3. The molecule has 1 saturated carbocycles. The Labute approximate surface area is 211 Å². The van der Waals surface area contributed by atoms with Gasteiger partial charge in [0.15, 0.2) is 0 Å². The Bertz CT molecular complexity index is 1200. The van der Waals surface area contributed by atoms with E-state index in [4.69, 9.17) is 0 Å². The number of hydrogen-bond donors (Lipinski definition) is 1. The van der Waals surface area contributed by atoms with Gasteiger partial charge < -0.3 is 10.2 Å². The fraction of sp³-hybridized carbons (Fsp3) is 0.429. The van der Waals surface area contributed by atoms with E-state index in [2.05, 4.69) is 5.32 Å². The zero-order valence-electron chi connectivity index (χ0n) is 20.8. The third-order valence-electron chi connectivity index (χ3n) is 7.92. The van der Waals surface area contributed by atoms with Crippen LogP contribution in [-0.4, -0.2) is 58.7 Å². The second-order valence-corrected chi connectivity index (χ2v) is 10.1. The topological polar surface area (TPSA) is 90.0 Å². The average Bonchev–Trinajstić information content (AvgIpc) is 3.06. The van der Waals surface area contributed by atoms with Gasteiger partial charge in [0.25, 0.3) is 5.91 Å². The SMILES string of the molecule is Cc1ccc(NC(=O)[C@H]2CCc3ccccc3N2C(=O)CN2C(=O)N(C)C3(CCCCC3)C2=O)cc1. The molecule has 0 unspecified atom stereocenters. The van der Waals surface area contributed by atoms with E-state index in [1.165, 1.54) is 9.80 Å². The van der Waals surface area contributed by atoms with Gasteiger partial charge in [-0.1, -0.05) is 55.2 Å². The van der Waals surface area contributed by atoms with Gasteiger partial charge in [0.1, 0.15) is 18.1 Å². The number of carbonyl (C=O) groups is 4. The summed E-state index contributed by atoms with van der Waals surface area (Å²) >= 11 is 0. The van der Waals surface area contributed by atoms with Crippen LogP contribution in [-0.2, 0) is 20.8 Å². The predicted molar refractivity (Wildman–Crippen MR) is 137 cm³/mol. The van der Waals surface area contributed by atoms with Gasteiger partial charge in [-0.15, -0.1) is 0 Å². The van der Waals surface area contributed by atoms with E-state index in [1.807, 2.05) is 55.5 Å². The Morgan fingerprint density at radius 3 is 2.42 bits per heavy atom. The summed E-state index contributed by atoms with van der Waals surface area (Å²) < 4.78 is 0. The maximum Gasteiger partial charge on any atom is 0.327 e. The lowest BCUT2D eigenvalue weighted by molar-refractivity contribution is -0.137. The van der Waals surface area contributed by atoms with Crippen molar-refractivity contribution in [2.45, 2.75) is 63.5 Å². The minimum absolute atomic E-state index is 0.290. The largest absolute Gasteiger partial charge is 0.327 e. The summed E-state index contributed by atoms with van der Waals surface area (Å²) in [4.78, 5) is 57.8. The van der Waals surface area contributed by atoms with Crippen LogP contribution in [0.25, 0.3) is 0 Å². The van der Waals surface area contributed by atoms with Crippen molar-refractivity contribution in [2.75, 3.05) is 23.8 Å². The Hall–Kier alpha value is -3.68. The number of rotatable bonds is 4. The second kappa shape index (κ2) is 9.41. The van der Waals surface area contributed by atoms with Crippen LogP contribution in [0.2, 0.25) is 0 Å². The molecule has 2 aromatic carbocycles. The molecule has 188 valence electrons. The van der Waals surface area contributed by atoms with E-state index in [0.29, 0.717) is 37.1 Å². The predicted octanol–water partition coefficient (Wildman–Crippen LogP) is 3.88. The van der Waals surface area contributed by atoms with Gasteiger partial charge in [0, 0.05) is 18.4 Å². The number of para-hydroxylation sites is 1. The molecule has 2 fully saturated rings. The third-order valence-corrected chi connectivity index (χ3v) is 7.92. The normalized spacial score (nSPS) is 21.1. The van der Waals surface area contributed by atoms with E-state index in [0.717, 1.165) is 35.3 Å². The molecule has 1 N–H and O–H groups in total. The maximum absolute atomic E-state index is 13.8. The average molecular weight is 489 g/mol. The van der Waals surface area contributed by atoms with Crippen LogP contribution < -0.4 is 10.2 Å². The minimum atomic E-state index is -0.850. The third kappa shape index (κ3) is 4.04.